The molecular weight excluding hydrogens is 226 g/mol. The van der Waals surface area contributed by atoms with Crippen LogP contribution in [0, 0.1) is 0 Å². The van der Waals surface area contributed by atoms with E-state index >= 15 is 0 Å². The summed E-state index contributed by atoms with van der Waals surface area (Å²) in [4.78, 5) is 0. The lowest BCUT2D eigenvalue weighted by Crippen LogP contribution is -2.44. The number of ether oxygens (including phenoxy) is 2. The highest BCUT2D eigenvalue weighted by atomic mass is 16.7. The summed E-state index contributed by atoms with van der Waals surface area (Å²) < 4.78 is 10.5. The van der Waals surface area contributed by atoms with E-state index in [4.69, 9.17) is 9.47 Å². The highest BCUT2D eigenvalue weighted by molar-refractivity contribution is 5.23. The quantitative estimate of drug-likeness (QED) is 0.756. The van der Waals surface area contributed by atoms with Gasteiger partial charge < -0.3 is 14.8 Å². The highest BCUT2D eigenvalue weighted by Gasteiger charge is 2.23. The maximum atomic E-state index is 5.25. The fourth-order valence-electron chi connectivity index (χ4n) is 2.01. The molecule has 102 valence electrons. The van der Waals surface area contributed by atoms with Crippen molar-refractivity contribution in [3.63, 3.8) is 0 Å². The maximum absolute atomic E-state index is 5.25. The second kappa shape index (κ2) is 6.88. The van der Waals surface area contributed by atoms with Gasteiger partial charge in [-0.3, -0.25) is 0 Å². The molecule has 0 saturated carbocycles. The van der Waals surface area contributed by atoms with Crippen LogP contribution in [0.25, 0.3) is 0 Å². The van der Waals surface area contributed by atoms with Gasteiger partial charge in [-0.05, 0) is 12.5 Å². The first-order valence-electron chi connectivity index (χ1n) is 6.36. The first kappa shape index (κ1) is 15.2. The third-order valence-corrected chi connectivity index (χ3v) is 3.29. The van der Waals surface area contributed by atoms with Crippen LogP contribution in [-0.2, 0) is 14.9 Å². The van der Waals surface area contributed by atoms with E-state index in [2.05, 4.69) is 50.4 Å². The van der Waals surface area contributed by atoms with Crippen molar-refractivity contribution in [1.82, 2.24) is 5.32 Å². The summed E-state index contributed by atoms with van der Waals surface area (Å²) in [7, 11) is 3.32. The number of benzene rings is 1. The Morgan fingerprint density at radius 2 is 1.67 bits per heavy atom. The molecule has 0 spiro atoms. The van der Waals surface area contributed by atoms with Crippen molar-refractivity contribution < 1.29 is 9.47 Å². The predicted molar refractivity (Wildman–Crippen MR) is 74.7 cm³/mol. The Morgan fingerprint density at radius 1 is 1.11 bits per heavy atom. The van der Waals surface area contributed by atoms with Crippen LogP contribution < -0.4 is 5.32 Å². The first-order valence-corrected chi connectivity index (χ1v) is 6.36. The molecular formula is C15H25NO2. The monoisotopic (exact) mass is 251 g/mol. The Hall–Kier alpha value is -0.900. The van der Waals surface area contributed by atoms with Crippen LogP contribution in [0.1, 0.15) is 26.3 Å². The second-order valence-electron chi connectivity index (χ2n) is 5.26. The molecule has 18 heavy (non-hydrogen) atoms. The molecule has 1 aromatic carbocycles. The van der Waals surface area contributed by atoms with E-state index in [1.165, 1.54) is 5.56 Å². The van der Waals surface area contributed by atoms with Gasteiger partial charge in [0.2, 0.25) is 0 Å². The van der Waals surface area contributed by atoms with E-state index < -0.39 is 0 Å². The van der Waals surface area contributed by atoms with Gasteiger partial charge in [0.1, 0.15) is 0 Å². The van der Waals surface area contributed by atoms with Crippen LogP contribution in [0.2, 0.25) is 0 Å². The first-order chi connectivity index (χ1) is 8.51. The van der Waals surface area contributed by atoms with Gasteiger partial charge in [-0.2, -0.15) is 0 Å². The van der Waals surface area contributed by atoms with E-state index in [1.54, 1.807) is 14.2 Å². The van der Waals surface area contributed by atoms with Crippen molar-refractivity contribution in [1.29, 1.82) is 0 Å². The molecule has 0 fully saturated rings. The maximum Gasteiger partial charge on any atom is 0.171 e. The standard InChI is InChI=1S/C15H25NO2/c1-12(14(17-4)18-5)16-11-15(2,3)13-9-7-6-8-10-13/h6-10,12,14,16H,11H2,1-5H3. The largest absolute Gasteiger partial charge is 0.354 e. The van der Waals surface area contributed by atoms with E-state index in [-0.39, 0.29) is 17.7 Å². The van der Waals surface area contributed by atoms with E-state index in [9.17, 15) is 0 Å². The second-order valence-corrected chi connectivity index (χ2v) is 5.26. The normalized spacial score (nSPS) is 13.9. The van der Waals surface area contributed by atoms with Gasteiger partial charge >= 0.3 is 0 Å². The Balaban J connectivity index is 2.57. The van der Waals surface area contributed by atoms with Crippen LogP contribution >= 0.6 is 0 Å². The smallest absolute Gasteiger partial charge is 0.171 e. The van der Waals surface area contributed by atoms with Gasteiger partial charge in [0, 0.05) is 26.2 Å². The van der Waals surface area contributed by atoms with Crippen LogP contribution in [0.15, 0.2) is 30.3 Å². The molecule has 1 N–H and O–H groups in total. The Bertz CT molecular complexity index is 334. The van der Waals surface area contributed by atoms with Crippen LogP contribution in [0.4, 0.5) is 0 Å². The molecule has 1 rings (SSSR count). The molecule has 3 heteroatoms. The summed E-state index contributed by atoms with van der Waals surface area (Å²) >= 11 is 0. The van der Waals surface area contributed by atoms with Crippen molar-refractivity contribution in [2.75, 3.05) is 20.8 Å². The molecule has 1 unspecified atom stereocenters. The number of methoxy groups -OCH3 is 2. The molecule has 0 saturated heterocycles. The molecule has 0 aliphatic rings. The number of nitrogens with one attached hydrogen (secondary N) is 1. The van der Waals surface area contributed by atoms with Crippen LogP contribution in [-0.4, -0.2) is 33.1 Å². The van der Waals surface area contributed by atoms with E-state index in [0.29, 0.717) is 0 Å². The zero-order valence-corrected chi connectivity index (χ0v) is 12.1. The molecule has 0 amide bonds. The van der Waals surface area contributed by atoms with Crippen molar-refractivity contribution in [3.8, 4) is 0 Å². The van der Waals surface area contributed by atoms with Gasteiger partial charge in [-0.25, -0.2) is 0 Å². The van der Waals surface area contributed by atoms with Crippen molar-refractivity contribution in [3.05, 3.63) is 35.9 Å². The molecule has 0 aliphatic heterocycles. The summed E-state index contributed by atoms with van der Waals surface area (Å²) in [5.74, 6) is 0. The van der Waals surface area contributed by atoms with Gasteiger partial charge in [0.15, 0.2) is 6.29 Å². The van der Waals surface area contributed by atoms with Gasteiger partial charge in [-0.15, -0.1) is 0 Å². The fraction of sp³-hybridized carbons (Fsp3) is 0.600. The fourth-order valence-corrected chi connectivity index (χ4v) is 2.01. The molecule has 0 heterocycles. The van der Waals surface area contributed by atoms with E-state index in [0.717, 1.165) is 6.54 Å². The van der Waals surface area contributed by atoms with Crippen molar-refractivity contribution in [2.24, 2.45) is 0 Å². The number of hydrogen-bond donors (Lipinski definition) is 1. The Labute approximate surface area is 110 Å². The third kappa shape index (κ3) is 4.09. The van der Waals surface area contributed by atoms with Crippen LogP contribution in [0.3, 0.4) is 0 Å². The summed E-state index contributed by atoms with van der Waals surface area (Å²) in [5.41, 5.74) is 1.41. The minimum atomic E-state index is -0.212. The topological polar surface area (TPSA) is 30.5 Å². The number of rotatable bonds is 7. The molecule has 0 aliphatic carbocycles. The average Bonchev–Trinajstić information content (AvgIpc) is 2.39. The molecule has 0 radical (unpaired) electrons. The van der Waals surface area contributed by atoms with Gasteiger partial charge in [0.05, 0.1) is 6.04 Å². The average molecular weight is 251 g/mol. The van der Waals surface area contributed by atoms with Gasteiger partial charge in [-0.1, -0.05) is 44.2 Å². The SMILES string of the molecule is COC(OC)C(C)NCC(C)(C)c1ccccc1. The minimum Gasteiger partial charge on any atom is -0.354 e. The Kier molecular flexibility index (Phi) is 5.79. The Morgan fingerprint density at radius 3 is 2.17 bits per heavy atom. The lowest BCUT2D eigenvalue weighted by atomic mass is 9.84. The summed E-state index contributed by atoms with van der Waals surface area (Å²) in [6, 6.07) is 10.7. The van der Waals surface area contributed by atoms with Gasteiger partial charge in [0.25, 0.3) is 0 Å². The molecule has 3 nitrogen and oxygen atoms in total. The summed E-state index contributed by atoms with van der Waals surface area (Å²) in [5, 5.41) is 3.47. The highest BCUT2D eigenvalue weighted by Crippen LogP contribution is 2.22. The summed E-state index contributed by atoms with van der Waals surface area (Å²) in [6.07, 6.45) is -0.212. The number of hydrogen-bond acceptors (Lipinski definition) is 3. The minimum absolute atomic E-state index is 0.0849. The molecule has 1 atom stereocenters. The molecule has 0 aromatic heterocycles. The predicted octanol–water partition coefficient (Wildman–Crippen LogP) is 2.56. The van der Waals surface area contributed by atoms with E-state index in [1.807, 2.05) is 6.07 Å². The summed E-state index contributed by atoms with van der Waals surface area (Å²) in [6.45, 7) is 7.41. The zero-order chi connectivity index (χ0) is 13.6. The lowest BCUT2D eigenvalue weighted by Gasteiger charge is -2.30. The third-order valence-electron chi connectivity index (χ3n) is 3.29. The zero-order valence-electron chi connectivity index (χ0n) is 12.1. The van der Waals surface area contributed by atoms with Crippen molar-refractivity contribution in [2.45, 2.75) is 38.5 Å². The molecule has 1 aromatic rings. The lowest BCUT2D eigenvalue weighted by molar-refractivity contribution is -0.119. The van der Waals surface area contributed by atoms with Crippen molar-refractivity contribution >= 4 is 0 Å². The molecule has 0 bridgehead atoms. The van der Waals surface area contributed by atoms with Crippen LogP contribution in [0.5, 0.6) is 0 Å².